The van der Waals surface area contributed by atoms with Crippen LogP contribution in [0.3, 0.4) is 0 Å². The second-order valence-electron chi connectivity index (χ2n) is 6.85. The van der Waals surface area contributed by atoms with E-state index in [2.05, 4.69) is 10.4 Å². The second kappa shape index (κ2) is 9.11. The average Bonchev–Trinajstić information content (AvgIpc) is 3.45. The molecule has 0 saturated heterocycles. The summed E-state index contributed by atoms with van der Waals surface area (Å²) in [6, 6.07) is 14.5. The summed E-state index contributed by atoms with van der Waals surface area (Å²) in [5.41, 5.74) is 2.93. The number of anilines is 1. The zero-order chi connectivity index (χ0) is 22.7. The molecule has 0 atom stereocenters. The number of benzene rings is 2. The van der Waals surface area contributed by atoms with Crippen LogP contribution < -0.4 is 19.5 Å². The van der Waals surface area contributed by atoms with Crippen molar-refractivity contribution < 1.29 is 19.0 Å². The van der Waals surface area contributed by atoms with Crippen LogP contribution in [0.5, 0.6) is 17.2 Å². The third-order valence-corrected chi connectivity index (χ3v) is 5.57. The highest BCUT2D eigenvalue weighted by atomic mass is 32.1. The van der Waals surface area contributed by atoms with Crippen LogP contribution in [0.2, 0.25) is 0 Å². The fraction of sp³-hybridized carbons (Fsp3) is 0.174. The van der Waals surface area contributed by atoms with E-state index in [-0.39, 0.29) is 5.91 Å². The molecule has 1 amide bonds. The third-order valence-electron chi connectivity index (χ3n) is 4.76. The molecule has 0 saturated carbocycles. The normalized spacial score (nSPS) is 10.6. The SMILES string of the molecule is COc1cccc(-c2csc(-n3nc(C)cc3NC(=O)c3ccc(OC)c(OC)c3)n2)c1. The Hall–Kier alpha value is -3.85. The van der Waals surface area contributed by atoms with Crippen molar-refractivity contribution in [3.05, 3.63) is 65.2 Å². The molecule has 2 aromatic carbocycles. The molecule has 2 heterocycles. The number of thiazole rings is 1. The van der Waals surface area contributed by atoms with Crippen molar-refractivity contribution in [1.82, 2.24) is 14.8 Å². The molecule has 0 fully saturated rings. The molecular formula is C23H22N4O4S. The zero-order valence-corrected chi connectivity index (χ0v) is 18.9. The Bertz CT molecular complexity index is 1260. The lowest BCUT2D eigenvalue weighted by atomic mass is 10.2. The Morgan fingerprint density at radius 2 is 1.81 bits per heavy atom. The van der Waals surface area contributed by atoms with Gasteiger partial charge in [-0.25, -0.2) is 4.98 Å². The number of aromatic nitrogens is 3. The molecule has 9 heteroatoms. The molecule has 0 unspecified atom stereocenters. The van der Waals surface area contributed by atoms with Crippen LogP contribution in [0.25, 0.3) is 16.4 Å². The van der Waals surface area contributed by atoms with Gasteiger partial charge in [0.05, 0.1) is 32.7 Å². The van der Waals surface area contributed by atoms with Gasteiger partial charge >= 0.3 is 0 Å². The molecule has 32 heavy (non-hydrogen) atoms. The minimum absolute atomic E-state index is 0.295. The van der Waals surface area contributed by atoms with Crippen LogP contribution in [0.4, 0.5) is 5.82 Å². The van der Waals surface area contributed by atoms with E-state index in [1.54, 1.807) is 43.2 Å². The van der Waals surface area contributed by atoms with Crippen LogP contribution in [-0.4, -0.2) is 42.0 Å². The fourth-order valence-electron chi connectivity index (χ4n) is 3.18. The fourth-order valence-corrected chi connectivity index (χ4v) is 3.97. The second-order valence-corrected chi connectivity index (χ2v) is 7.69. The summed E-state index contributed by atoms with van der Waals surface area (Å²) in [5, 5.41) is 10.0. The van der Waals surface area contributed by atoms with Gasteiger partial charge in [-0.15, -0.1) is 11.3 Å². The van der Waals surface area contributed by atoms with Crippen molar-refractivity contribution in [1.29, 1.82) is 0 Å². The summed E-state index contributed by atoms with van der Waals surface area (Å²) in [6.07, 6.45) is 0. The predicted octanol–water partition coefficient (Wildman–Crippen LogP) is 4.58. The van der Waals surface area contributed by atoms with Gasteiger partial charge in [0.2, 0.25) is 5.13 Å². The minimum atomic E-state index is -0.295. The maximum atomic E-state index is 12.9. The molecule has 2 aromatic heterocycles. The van der Waals surface area contributed by atoms with Crippen molar-refractivity contribution in [2.75, 3.05) is 26.6 Å². The first-order chi connectivity index (χ1) is 15.5. The number of nitrogens with zero attached hydrogens (tertiary/aromatic N) is 3. The Balaban J connectivity index is 1.61. The molecule has 0 aliphatic heterocycles. The number of aryl methyl sites for hydroxylation is 1. The quantitative estimate of drug-likeness (QED) is 0.443. The van der Waals surface area contributed by atoms with Crippen molar-refractivity contribution in [3.8, 4) is 33.6 Å². The standard InChI is InChI=1S/C23H22N4O4S/c1-14-10-21(25-22(28)16-8-9-19(30-3)20(12-16)31-4)27(26-14)23-24-18(13-32-23)15-6-5-7-17(11-15)29-2/h5-13H,1-4H3,(H,25,28). The Labute approximate surface area is 189 Å². The highest BCUT2D eigenvalue weighted by Gasteiger charge is 2.17. The number of methoxy groups -OCH3 is 3. The van der Waals surface area contributed by atoms with E-state index < -0.39 is 0 Å². The Morgan fingerprint density at radius 1 is 1.00 bits per heavy atom. The molecule has 0 spiro atoms. The molecule has 0 bridgehead atoms. The number of hydrogen-bond donors (Lipinski definition) is 1. The minimum Gasteiger partial charge on any atom is -0.497 e. The van der Waals surface area contributed by atoms with Crippen LogP contribution in [0, 0.1) is 6.92 Å². The van der Waals surface area contributed by atoms with Crippen LogP contribution in [0.1, 0.15) is 16.1 Å². The number of hydrogen-bond acceptors (Lipinski definition) is 7. The van der Waals surface area contributed by atoms with Gasteiger partial charge in [0.25, 0.3) is 5.91 Å². The van der Waals surface area contributed by atoms with E-state index in [0.29, 0.717) is 28.0 Å². The number of amides is 1. The van der Waals surface area contributed by atoms with Crippen molar-refractivity contribution >= 4 is 23.1 Å². The van der Waals surface area contributed by atoms with Gasteiger partial charge in [0.1, 0.15) is 11.6 Å². The highest BCUT2D eigenvalue weighted by molar-refractivity contribution is 7.12. The molecule has 0 radical (unpaired) electrons. The number of carbonyl (C=O) groups is 1. The van der Waals surface area contributed by atoms with Crippen LogP contribution in [0.15, 0.2) is 53.9 Å². The van der Waals surface area contributed by atoms with Gasteiger partial charge in [-0.1, -0.05) is 12.1 Å². The number of rotatable bonds is 7. The zero-order valence-electron chi connectivity index (χ0n) is 18.1. The lowest BCUT2D eigenvalue weighted by Gasteiger charge is -2.10. The van der Waals surface area contributed by atoms with E-state index in [1.165, 1.54) is 18.4 Å². The number of ether oxygens (including phenoxy) is 3. The summed E-state index contributed by atoms with van der Waals surface area (Å²) in [6.45, 7) is 1.86. The Morgan fingerprint density at radius 3 is 2.56 bits per heavy atom. The first-order valence-corrected chi connectivity index (χ1v) is 10.6. The average molecular weight is 451 g/mol. The largest absolute Gasteiger partial charge is 0.497 e. The monoisotopic (exact) mass is 450 g/mol. The smallest absolute Gasteiger partial charge is 0.256 e. The molecule has 164 valence electrons. The molecule has 4 rings (SSSR count). The first-order valence-electron chi connectivity index (χ1n) is 9.72. The molecule has 4 aromatic rings. The first kappa shape index (κ1) is 21.4. The predicted molar refractivity (Wildman–Crippen MR) is 123 cm³/mol. The summed E-state index contributed by atoms with van der Waals surface area (Å²) >= 11 is 1.43. The summed E-state index contributed by atoms with van der Waals surface area (Å²) < 4.78 is 17.5. The number of nitrogens with one attached hydrogen (secondary N) is 1. The van der Waals surface area contributed by atoms with Gasteiger partial charge < -0.3 is 19.5 Å². The van der Waals surface area contributed by atoms with E-state index >= 15 is 0 Å². The maximum Gasteiger partial charge on any atom is 0.256 e. The molecule has 8 nitrogen and oxygen atoms in total. The highest BCUT2D eigenvalue weighted by Crippen LogP contribution is 2.30. The molecular weight excluding hydrogens is 428 g/mol. The maximum absolute atomic E-state index is 12.9. The van der Waals surface area contributed by atoms with Crippen LogP contribution >= 0.6 is 11.3 Å². The lowest BCUT2D eigenvalue weighted by molar-refractivity contribution is 0.102. The van der Waals surface area contributed by atoms with Crippen molar-refractivity contribution in [3.63, 3.8) is 0 Å². The lowest BCUT2D eigenvalue weighted by Crippen LogP contribution is -2.15. The third kappa shape index (κ3) is 4.28. The van der Waals surface area contributed by atoms with Gasteiger partial charge in [0, 0.05) is 22.6 Å². The van der Waals surface area contributed by atoms with E-state index in [1.807, 2.05) is 36.6 Å². The summed E-state index contributed by atoms with van der Waals surface area (Å²) in [7, 11) is 4.71. The molecule has 0 aliphatic carbocycles. The summed E-state index contributed by atoms with van der Waals surface area (Å²) in [4.78, 5) is 17.6. The topological polar surface area (TPSA) is 87.5 Å². The molecule has 0 aliphatic rings. The van der Waals surface area contributed by atoms with Gasteiger partial charge in [-0.05, 0) is 37.3 Å². The van der Waals surface area contributed by atoms with E-state index in [4.69, 9.17) is 19.2 Å². The number of carbonyl (C=O) groups excluding carboxylic acids is 1. The van der Waals surface area contributed by atoms with Gasteiger partial charge in [-0.3, -0.25) is 4.79 Å². The van der Waals surface area contributed by atoms with Gasteiger partial charge in [-0.2, -0.15) is 9.78 Å². The van der Waals surface area contributed by atoms with Crippen molar-refractivity contribution in [2.45, 2.75) is 6.92 Å². The van der Waals surface area contributed by atoms with Crippen LogP contribution in [-0.2, 0) is 0 Å². The molecule has 1 N–H and O–H groups in total. The Kier molecular flexibility index (Phi) is 6.09. The van der Waals surface area contributed by atoms with Gasteiger partial charge in [0.15, 0.2) is 11.5 Å². The summed E-state index contributed by atoms with van der Waals surface area (Å²) in [5.74, 6) is 2.02. The van der Waals surface area contributed by atoms with E-state index in [9.17, 15) is 4.79 Å². The van der Waals surface area contributed by atoms with E-state index in [0.717, 1.165) is 22.7 Å². The van der Waals surface area contributed by atoms with Crippen molar-refractivity contribution in [2.24, 2.45) is 0 Å².